The molecular formula is C32H33FN8O2. The Balaban J connectivity index is 1.33. The Labute approximate surface area is 248 Å². The molecule has 6 rings (SSSR count). The van der Waals surface area contributed by atoms with E-state index in [1.807, 2.05) is 57.4 Å². The molecule has 0 amide bonds. The molecule has 0 bridgehead atoms. The van der Waals surface area contributed by atoms with Crippen LogP contribution >= 0.6 is 0 Å². The van der Waals surface area contributed by atoms with Gasteiger partial charge in [0.2, 0.25) is 0 Å². The van der Waals surface area contributed by atoms with Crippen molar-refractivity contribution in [3.05, 3.63) is 73.2 Å². The molecule has 0 spiro atoms. The Hall–Kier alpha value is -4.87. The van der Waals surface area contributed by atoms with Crippen molar-refractivity contribution >= 4 is 21.9 Å². The molecule has 0 aliphatic rings. The van der Waals surface area contributed by atoms with Crippen LogP contribution in [0.2, 0.25) is 0 Å². The highest BCUT2D eigenvalue weighted by atomic mass is 19.1. The average Bonchev–Trinajstić information content (AvgIpc) is 3.60. The zero-order valence-electron chi connectivity index (χ0n) is 24.6. The molecule has 2 N–H and O–H groups in total. The lowest BCUT2D eigenvalue weighted by Gasteiger charge is -2.12. The van der Waals surface area contributed by atoms with Crippen molar-refractivity contribution < 1.29 is 13.9 Å². The SMILES string of the molecule is CN(C)CCOc1cncc(-c2cnc3n[nH]c(-c4cc5c(-c6cc(F)cc(OCCN(C)C)c6)cncc5[nH]4)c3c2)c1. The minimum absolute atomic E-state index is 0.370. The fraction of sp³-hybridized carbons (Fsp3) is 0.250. The van der Waals surface area contributed by atoms with Crippen molar-refractivity contribution in [2.45, 2.75) is 0 Å². The lowest BCUT2D eigenvalue weighted by Crippen LogP contribution is -2.19. The van der Waals surface area contributed by atoms with E-state index in [9.17, 15) is 4.39 Å². The molecule has 0 aliphatic carbocycles. The van der Waals surface area contributed by atoms with Crippen LogP contribution < -0.4 is 9.47 Å². The fourth-order valence-electron chi connectivity index (χ4n) is 4.83. The van der Waals surface area contributed by atoms with E-state index in [0.29, 0.717) is 35.9 Å². The van der Waals surface area contributed by atoms with Gasteiger partial charge in [-0.25, -0.2) is 9.37 Å². The molecule has 0 fully saturated rings. The van der Waals surface area contributed by atoms with E-state index in [0.717, 1.165) is 57.5 Å². The summed E-state index contributed by atoms with van der Waals surface area (Å²) in [5, 5.41) is 9.31. The van der Waals surface area contributed by atoms with Gasteiger partial charge < -0.3 is 24.3 Å². The summed E-state index contributed by atoms with van der Waals surface area (Å²) in [6, 6.07) is 10.8. The van der Waals surface area contributed by atoms with Crippen molar-refractivity contribution in [1.29, 1.82) is 0 Å². The van der Waals surface area contributed by atoms with Crippen LogP contribution in [-0.4, -0.2) is 94.4 Å². The maximum atomic E-state index is 14.6. The summed E-state index contributed by atoms with van der Waals surface area (Å²) >= 11 is 0. The van der Waals surface area contributed by atoms with Gasteiger partial charge in [-0.15, -0.1) is 0 Å². The van der Waals surface area contributed by atoms with Crippen LogP contribution in [-0.2, 0) is 0 Å². The topological polar surface area (TPSA) is 108 Å². The van der Waals surface area contributed by atoms with Crippen molar-refractivity contribution in [3.63, 3.8) is 0 Å². The van der Waals surface area contributed by atoms with E-state index in [1.165, 1.54) is 12.1 Å². The summed E-state index contributed by atoms with van der Waals surface area (Å²) < 4.78 is 26.4. The molecule has 6 aromatic rings. The van der Waals surface area contributed by atoms with Crippen molar-refractivity contribution in [3.8, 4) is 45.1 Å². The van der Waals surface area contributed by atoms with Gasteiger partial charge in [-0.05, 0) is 64.1 Å². The number of rotatable bonds is 11. The number of fused-ring (bicyclic) bond motifs is 2. The number of aromatic nitrogens is 6. The Kier molecular flexibility index (Phi) is 7.99. The predicted octanol–water partition coefficient (Wildman–Crippen LogP) is 5.25. The molecule has 0 saturated heterocycles. The molecule has 1 aromatic carbocycles. The molecule has 220 valence electrons. The largest absolute Gasteiger partial charge is 0.492 e. The van der Waals surface area contributed by atoms with Gasteiger partial charge in [0.15, 0.2) is 5.65 Å². The van der Waals surface area contributed by atoms with Gasteiger partial charge in [0, 0.05) is 65.2 Å². The number of nitrogens with one attached hydrogen (secondary N) is 2. The van der Waals surface area contributed by atoms with Gasteiger partial charge in [-0.1, -0.05) is 0 Å². The first-order valence-corrected chi connectivity index (χ1v) is 14.0. The Morgan fingerprint density at radius 2 is 1.44 bits per heavy atom. The number of ether oxygens (including phenoxy) is 2. The molecular weight excluding hydrogens is 547 g/mol. The molecule has 11 heteroatoms. The third-order valence-corrected chi connectivity index (χ3v) is 7.07. The molecule has 0 aliphatic heterocycles. The number of benzene rings is 1. The second kappa shape index (κ2) is 12.2. The summed E-state index contributed by atoms with van der Waals surface area (Å²) in [6.07, 6.45) is 8.78. The number of likely N-dealkylation sites (N-methyl/N-ethyl adjacent to an activating group) is 2. The van der Waals surface area contributed by atoms with Gasteiger partial charge in [0.25, 0.3) is 0 Å². The average molecular weight is 581 g/mol. The van der Waals surface area contributed by atoms with Gasteiger partial charge in [0.05, 0.1) is 29.3 Å². The second-order valence-corrected chi connectivity index (χ2v) is 10.9. The highest BCUT2D eigenvalue weighted by molar-refractivity contribution is 6.00. The van der Waals surface area contributed by atoms with E-state index in [4.69, 9.17) is 9.47 Å². The number of aromatic amines is 2. The summed E-state index contributed by atoms with van der Waals surface area (Å²) in [6.45, 7) is 2.56. The minimum Gasteiger partial charge on any atom is -0.492 e. The molecule has 0 radical (unpaired) electrons. The standard InChI is InChI=1S/C32H33FN8O2/c1-40(2)5-7-42-24-10-20(9-23(33)13-24)28-18-35-19-30-26(28)14-29(37-30)31-27-12-22(16-36-32(27)39-38-31)21-11-25(17-34-15-21)43-8-6-41(3)4/h9-19,37H,5-8H2,1-4H3,(H,36,38,39). The van der Waals surface area contributed by atoms with Crippen LogP contribution in [0, 0.1) is 5.82 Å². The highest BCUT2D eigenvalue weighted by Gasteiger charge is 2.16. The summed E-state index contributed by atoms with van der Waals surface area (Å²) in [7, 11) is 7.95. The van der Waals surface area contributed by atoms with E-state index in [1.54, 1.807) is 31.0 Å². The minimum atomic E-state index is -0.370. The molecule has 5 aromatic heterocycles. The normalized spacial score (nSPS) is 11.7. The van der Waals surface area contributed by atoms with Gasteiger partial charge in [-0.2, -0.15) is 5.10 Å². The van der Waals surface area contributed by atoms with Gasteiger partial charge >= 0.3 is 0 Å². The predicted molar refractivity (Wildman–Crippen MR) is 166 cm³/mol. The lowest BCUT2D eigenvalue weighted by atomic mass is 10.0. The van der Waals surface area contributed by atoms with Crippen molar-refractivity contribution in [1.82, 2.24) is 39.9 Å². The molecule has 0 atom stereocenters. The molecule has 43 heavy (non-hydrogen) atoms. The van der Waals surface area contributed by atoms with Crippen LogP contribution in [0.25, 0.3) is 55.6 Å². The van der Waals surface area contributed by atoms with E-state index in [-0.39, 0.29) is 5.82 Å². The smallest absolute Gasteiger partial charge is 0.181 e. The van der Waals surface area contributed by atoms with E-state index in [2.05, 4.69) is 35.0 Å². The Morgan fingerprint density at radius 1 is 0.721 bits per heavy atom. The summed E-state index contributed by atoms with van der Waals surface area (Å²) in [4.78, 5) is 20.9. The number of hydrogen-bond donors (Lipinski definition) is 2. The number of nitrogens with zero attached hydrogens (tertiary/aromatic N) is 6. The van der Waals surface area contributed by atoms with Crippen LogP contribution in [0.5, 0.6) is 11.5 Å². The summed E-state index contributed by atoms with van der Waals surface area (Å²) in [5.41, 5.74) is 6.24. The number of H-pyrrole nitrogens is 2. The zero-order chi connectivity index (χ0) is 29.9. The quantitative estimate of drug-likeness (QED) is 0.214. The number of pyridine rings is 3. The molecule has 0 saturated carbocycles. The van der Waals surface area contributed by atoms with Crippen LogP contribution in [0.3, 0.4) is 0 Å². The number of halogens is 1. The molecule has 0 unspecified atom stereocenters. The van der Waals surface area contributed by atoms with Gasteiger partial charge in [-0.3, -0.25) is 15.1 Å². The third-order valence-electron chi connectivity index (χ3n) is 7.07. The molecule has 5 heterocycles. The maximum absolute atomic E-state index is 14.6. The monoisotopic (exact) mass is 580 g/mol. The van der Waals surface area contributed by atoms with E-state index >= 15 is 0 Å². The fourth-order valence-corrected chi connectivity index (χ4v) is 4.83. The zero-order valence-corrected chi connectivity index (χ0v) is 24.6. The maximum Gasteiger partial charge on any atom is 0.181 e. The molecule has 10 nitrogen and oxygen atoms in total. The second-order valence-electron chi connectivity index (χ2n) is 10.9. The number of hydrogen-bond acceptors (Lipinski definition) is 8. The summed E-state index contributed by atoms with van der Waals surface area (Å²) in [5.74, 6) is 0.806. The van der Waals surface area contributed by atoms with Gasteiger partial charge in [0.1, 0.15) is 30.5 Å². The van der Waals surface area contributed by atoms with E-state index < -0.39 is 0 Å². The first kappa shape index (κ1) is 28.3. The Morgan fingerprint density at radius 3 is 2.23 bits per heavy atom. The Bertz CT molecular complexity index is 1880. The van der Waals surface area contributed by atoms with Crippen LogP contribution in [0.1, 0.15) is 0 Å². The first-order chi connectivity index (χ1) is 20.8. The van der Waals surface area contributed by atoms with Crippen molar-refractivity contribution in [2.75, 3.05) is 54.5 Å². The van der Waals surface area contributed by atoms with Crippen LogP contribution in [0.4, 0.5) is 4.39 Å². The lowest BCUT2D eigenvalue weighted by molar-refractivity contribution is 0.260. The first-order valence-electron chi connectivity index (χ1n) is 14.0. The van der Waals surface area contributed by atoms with Crippen LogP contribution in [0.15, 0.2) is 67.4 Å². The highest BCUT2D eigenvalue weighted by Crippen LogP contribution is 2.35. The third kappa shape index (κ3) is 6.32. The van der Waals surface area contributed by atoms with Crippen molar-refractivity contribution in [2.24, 2.45) is 0 Å².